The predicted molar refractivity (Wildman–Crippen MR) is 77.6 cm³/mol. The van der Waals surface area contributed by atoms with Crippen molar-refractivity contribution in [1.29, 1.82) is 0 Å². The van der Waals surface area contributed by atoms with Crippen LogP contribution in [0.1, 0.15) is 17.2 Å². The molecule has 21 heavy (non-hydrogen) atoms. The molecule has 0 saturated carbocycles. The van der Waals surface area contributed by atoms with Crippen molar-refractivity contribution in [1.82, 2.24) is 0 Å². The summed E-state index contributed by atoms with van der Waals surface area (Å²) < 4.78 is 46.0. The zero-order chi connectivity index (χ0) is 15.6. The summed E-state index contributed by atoms with van der Waals surface area (Å²) in [6.45, 7) is 0. The van der Waals surface area contributed by atoms with Gasteiger partial charge in [0.2, 0.25) is 0 Å². The highest BCUT2D eigenvalue weighted by Crippen LogP contribution is 2.27. The Balaban J connectivity index is 2.30. The molecule has 2 rings (SSSR count). The van der Waals surface area contributed by atoms with E-state index < -0.39 is 23.5 Å². The molecule has 2 nitrogen and oxygen atoms in total. The number of halogens is 4. The second-order valence-corrected chi connectivity index (χ2v) is 5.38. The first-order valence-electron chi connectivity index (χ1n) is 6.15. The van der Waals surface area contributed by atoms with Crippen LogP contribution in [0.2, 0.25) is 0 Å². The highest BCUT2D eigenvalue weighted by molar-refractivity contribution is 9.10. The maximum atomic E-state index is 13.9. The average Bonchev–Trinajstić information content (AvgIpc) is 2.48. The quantitative estimate of drug-likeness (QED) is 0.833. The van der Waals surface area contributed by atoms with E-state index in [1.54, 1.807) is 0 Å². The summed E-state index contributed by atoms with van der Waals surface area (Å²) in [7, 11) is 1.33. The van der Waals surface area contributed by atoms with E-state index >= 15 is 0 Å². The van der Waals surface area contributed by atoms with E-state index in [1.807, 2.05) is 0 Å². The molecule has 0 aliphatic heterocycles. The molecule has 0 bridgehead atoms. The minimum atomic E-state index is -0.683. The lowest BCUT2D eigenvalue weighted by Gasteiger charge is -2.15. The zero-order valence-corrected chi connectivity index (χ0v) is 12.8. The van der Waals surface area contributed by atoms with Gasteiger partial charge in [0, 0.05) is 11.6 Å². The largest absolute Gasteiger partial charge is 0.494 e. The first-order chi connectivity index (χ1) is 9.93. The van der Waals surface area contributed by atoms with Crippen LogP contribution in [0.15, 0.2) is 34.8 Å². The number of hydrogen-bond donors (Lipinski definition) is 1. The van der Waals surface area contributed by atoms with Crippen molar-refractivity contribution in [2.75, 3.05) is 7.11 Å². The van der Waals surface area contributed by atoms with Gasteiger partial charge < -0.3 is 10.5 Å². The molecule has 0 radical (unpaired) electrons. The number of rotatable bonds is 4. The fourth-order valence-corrected chi connectivity index (χ4v) is 2.37. The van der Waals surface area contributed by atoms with Crippen LogP contribution in [0, 0.1) is 17.5 Å². The third-order valence-corrected chi connectivity index (χ3v) is 3.78. The van der Waals surface area contributed by atoms with Crippen molar-refractivity contribution in [3.05, 3.63) is 63.4 Å². The number of nitrogens with two attached hydrogens (primary N) is 1. The van der Waals surface area contributed by atoms with Crippen molar-refractivity contribution in [3.63, 3.8) is 0 Å². The standard InChI is InChI=1S/C15H13BrF3NO/c1-21-14-6-8(2-4-12(14)18)13(20)7-9-11(17)5-3-10(16)15(9)19/h2-6,13H,7,20H2,1H3. The highest BCUT2D eigenvalue weighted by atomic mass is 79.9. The van der Waals surface area contributed by atoms with Crippen LogP contribution in [0.3, 0.4) is 0 Å². The Bertz CT molecular complexity index is 664. The molecule has 0 fully saturated rings. The van der Waals surface area contributed by atoms with Crippen LogP contribution in [-0.4, -0.2) is 7.11 Å². The monoisotopic (exact) mass is 359 g/mol. The Morgan fingerprint density at radius 3 is 2.48 bits per heavy atom. The second kappa shape index (κ2) is 6.49. The molecule has 0 aromatic heterocycles. The van der Waals surface area contributed by atoms with Gasteiger partial charge >= 0.3 is 0 Å². The van der Waals surface area contributed by atoms with E-state index in [9.17, 15) is 13.2 Å². The minimum absolute atomic E-state index is 0.0399. The van der Waals surface area contributed by atoms with Crippen LogP contribution >= 0.6 is 15.9 Å². The molecular formula is C15H13BrF3NO. The van der Waals surface area contributed by atoms with Crippen molar-refractivity contribution in [2.45, 2.75) is 12.5 Å². The van der Waals surface area contributed by atoms with Gasteiger partial charge in [-0.25, -0.2) is 13.2 Å². The highest BCUT2D eigenvalue weighted by Gasteiger charge is 2.17. The maximum absolute atomic E-state index is 13.9. The van der Waals surface area contributed by atoms with E-state index in [0.717, 1.165) is 0 Å². The third kappa shape index (κ3) is 3.39. The fraction of sp³-hybridized carbons (Fsp3) is 0.200. The first kappa shape index (κ1) is 15.9. The lowest BCUT2D eigenvalue weighted by atomic mass is 9.98. The van der Waals surface area contributed by atoms with Gasteiger partial charge in [-0.05, 0) is 52.2 Å². The minimum Gasteiger partial charge on any atom is -0.494 e. The molecule has 1 unspecified atom stereocenters. The van der Waals surface area contributed by atoms with E-state index in [1.165, 1.54) is 37.4 Å². The molecule has 0 aliphatic carbocycles. The van der Waals surface area contributed by atoms with E-state index in [-0.39, 0.29) is 22.2 Å². The maximum Gasteiger partial charge on any atom is 0.165 e. The summed E-state index contributed by atoms with van der Waals surface area (Å²) >= 11 is 3.01. The Kier molecular flexibility index (Phi) is 4.90. The second-order valence-electron chi connectivity index (χ2n) is 4.53. The van der Waals surface area contributed by atoms with Gasteiger partial charge in [0.05, 0.1) is 11.6 Å². The average molecular weight is 360 g/mol. The van der Waals surface area contributed by atoms with Crippen LogP contribution in [-0.2, 0) is 6.42 Å². The summed E-state index contributed by atoms with van der Waals surface area (Å²) in [5.74, 6) is -1.83. The Labute approximate surface area is 128 Å². The number of ether oxygens (including phenoxy) is 1. The summed E-state index contributed by atoms with van der Waals surface area (Å²) in [6.07, 6.45) is -0.0497. The fourth-order valence-electron chi connectivity index (χ4n) is 2.00. The predicted octanol–water partition coefficient (Wildman–Crippen LogP) is 4.12. The molecule has 0 amide bonds. The number of benzene rings is 2. The van der Waals surface area contributed by atoms with Gasteiger partial charge in [0.15, 0.2) is 11.6 Å². The summed E-state index contributed by atoms with van der Waals surface area (Å²) in [6, 6.07) is 5.88. The molecule has 0 heterocycles. The normalized spacial score (nSPS) is 12.3. The molecule has 0 spiro atoms. The Morgan fingerprint density at radius 1 is 1.14 bits per heavy atom. The van der Waals surface area contributed by atoms with Gasteiger partial charge in [-0.1, -0.05) is 6.07 Å². The number of hydrogen-bond acceptors (Lipinski definition) is 2. The van der Waals surface area contributed by atoms with Crippen molar-refractivity contribution >= 4 is 15.9 Å². The molecule has 2 aromatic carbocycles. The topological polar surface area (TPSA) is 35.2 Å². The molecule has 0 aliphatic rings. The Morgan fingerprint density at radius 2 is 1.81 bits per heavy atom. The zero-order valence-electron chi connectivity index (χ0n) is 11.2. The first-order valence-corrected chi connectivity index (χ1v) is 6.94. The van der Waals surface area contributed by atoms with Crippen molar-refractivity contribution in [3.8, 4) is 5.75 Å². The lowest BCUT2D eigenvalue weighted by Crippen LogP contribution is -2.15. The molecular weight excluding hydrogens is 347 g/mol. The smallest absolute Gasteiger partial charge is 0.165 e. The molecule has 0 saturated heterocycles. The van der Waals surface area contributed by atoms with E-state index in [4.69, 9.17) is 10.5 Å². The number of methoxy groups -OCH3 is 1. The van der Waals surface area contributed by atoms with Gasteiger partial charge in [0.25, 0.3) is 0 Å². The molecule has 6 heteroatoms. The van der Waals surface area contributed by atoms with E-state index in [0.29, 0.717) is 5.56 Å². The van der Waals surface area contributed by atoms with Crippen LogP contribution in [0.5, 0.6) is 5.75 Å². The molecule has 1 atom stereocenters. The lowest BCUT2D eigenvalue weighted by molar-refractivity contribution is 0.385. The van der Waals surface area contributed by atoms with Gasteiger partial charge in [-0.3, -0.25) is 0 Å². The van der Waals surface area contributed by atoms with Crippen LogP contribution in [0.25, 0.3) is 0 Å². The molecule has 2 N–H and O–H groups in total. The summed E-state index contributed by atoms with van der Waals surface area (Å²) in [5.41, 5.74) is 6.39. The molecule has 2 aromatic rings. The van der Waals surface area contributed by atoms with Crippen molar-refractivity contribution < 1.29 is 17.9 Å². The summed E-state index contributed by atoms with van der Waals surface area (Å²) in [4.78, 5) is 0. The van der Waals surface area contributed by atoms with Crippen LogP contribution < -0.4 is 10.5 Å². The SMILES string of the molecule is COc1cc(C(N)Cc2c(F)ccc(Br)c2F)ccc1F. The van der Waals surface area contributed by atoms with Gasteiger partial charge in [0.1, 0.15) is 11.6 Å². The Hall–Kier alpha value is -1.53. The van der Waals surface area contributed by atoms with Gasteiger partial charge in [-0.2, -0.15) is 0 Å². The van der Waals surface area contributed by atoms with Crippen LogP contribution in [0.4, 0.5) is 13.2 Å². The van der Waals surface area contributed by atoms with Crippen molar-refractivity contribution in [2.24, 2.45) is 5.73 Å². The summed E-state index contributed by atoms with van der Waals surface area (Å²) in [5, 5.41) is 0. The van der Waals surface area contributed by atoms with Gasteiger partial charge in [-0.15, -0.1) is 0 Å². The molecule has 112 valence electrons. The third-order valence-electron chi connectivity index (χ3n) is 3.17. The van der Waals surface area contributed by atoms with E-state index in [2.05, 4.69) is 15.9 Å².